The molecular formula is C10H15N5O. The lowest BCUT2D eigenvalue weighted by molar-refractivity contribution is 0.385. The monoisotopic (exact) mass is 221 g/mol. The molecular weight excluding hydrogens is 206 g/mol. The van der Waals surface area contributed by atoms with Gasteiger partial charge in [0.25, 0.3) is 0 Å². The minimum atomic E-state index is -0.374. The van der Waals surface area contributed by atoms with Gasteiger partial charge >= 0.3 is 0 Å². The summed E-state index contributed by atoms with van der Waals surface area (Å²) in [6.45, 7) is 3.78. The largest absolute Gasteiger partial charge is 0.340 e. The number of hydrogen-bond donors (Lipinski definition) is 1. The summed E-state index contributed by atoms with van der Waals surface area (Å²) in [4.78, 5) is 4.13. The summed E-state index contributed by atoms with van der Waals surface area (Å²) in [5.41, 5.74) is 8.00. The van der Waals surface area contributed by atoms with E-state index in [-0.39, 0.29) is 6.04 Å². The highest BCUT2D eigenvalue weighted by atomic mass is 16.5. The van der Waals surface area contributed by atoms with Crippen LogP contribution in [-0.4, -0.2) is 19.9 Å². The lowest BCUT2D eigenvalue weighted by Gasteiger charge is -2.05. The maximum absolute atomic E-state index is 6.08. The van der Waals surface area contributed by atoms with Gasteiger partial charge in [-0.2, -0.15) is 10.1 Å². The Balaban J connectivity index is 2.36. The lowest BCUT2D eigenvalue weighted by Crippen LogP contribution is -2.14. The van der Waals surface area contributed by atoms with Crippen LogP contribution in [0.4, 0.5) is 0 Å². The molecule has 0 aromatic carbocycles. The first-order chi connectivity index (χ1) is 7.61. The predicted molar refractivity (Wildman–Crippen MR) is 57.7 cm³/mol. The molecule has 0 radical (unpaired) electrons. The van der Waals surface area contributed by atoms with Gasteiger partial charge in [0, 0.05) is 25.7 Å². The Morgan fingerprint density at radius 1 is 1.56 bits per heavy atom. The van der Waals surface area contributed by atoms with Gasteiger partial charge in [-0.05, 0) is 6.42 Å². The Bertz CT molecular complexity index is 487. The third-order valence-electron chi connectivity index (χ3n) is 2.43. The average molecular weight is 221 g/mol. The standard InChI is InChI=1S/C10H15N5O/c1-4-8-7(5-15(3)13-8)9(11)10-12-6(2)16-14-10/h5,9H,4,11H2,1-3H3. The zero-order valence-corrected chi connectivity index (χ0v) is 9.64. The topological polar surface area (TPSA) is 82.8 Å². The summed E-state index contributed by atoms with van der Waals surface area (Å²) in [5, 5.41) is 8.16. The highest BCUT2D eigenvalue weighted by molar-refractivity contribution is 5.26. The van der Waals surface area contributed by atoms with Crippen LogP contribution in [0.25, 0.3) is 0 Å². The molecule has 0 saturated carbocycles. The molecule has 0 spiro atoms. The first-order valence-corrected chi connectivity index (χ1v) is 5.20. The summed E-state index contributed by atoms with van der Waals surface area (Å²) in [5.74, 6) is 1.02. The minimum Gasteiger partial charge on any atom is -0.340 e. The van der Waals surface area contributed by atoms with Crippen LogP contribution in [-0.2, 0) is 13.5 Å². The number of aromatic nitrogens is 4. The number of aryl methyl sites for hydroxylation is 3. The third kappa shape index (κ3) is 1.83. The van der Waals surface area contributed by atoms with Gasteiger partial charge in [-0.1, -0.05) is 12.1 Å². The highest BCUT2D eigenvalue weighted by Gasteiger charge is 2.20. The van der Waals surface area contributed by atoms with Crippen LogP contribution in [0, 0.1) is 6.92 Å². The van der Waals surface area contributed by atoms with E-state index in [0.29, 0.717) is 11.7 Å². The van der Waals surface area contributed by atoms with Crippen molar-refractivity contribution in [2.75, 3.05) is 0 Å². The molecule has 0 aliphatic rings. The molecule has 1 unspecified atom stereocenters. The molecule has 0 saturated heterocycles. The Hall–Kier alpha value is -1.69. The quantitative estimate of drug-likeness (QED) is 0.825. The van der Waals surface area contributed by atoms with E-state index in [2.05, 4.69) is 15.2 Å². The van der Waals surface area contributed by atoms with E-state index in [1.165, 1.54) is 0 Å². The molecule has 0 aliphatic heterocycles. The van der Waals surface area contributed by atoms with Crippen LogP contribution in [0.3, 0.4) is 0 Å². The van der Waals surface area contributed by atoms with E-state index in [9.17, 15) is 0 Å². The van der Waals surface area contributed by atoms with Crippen molar-refractivity contribution in [2.24, 2.45) is 12.8 Å². The van der Waals surface area contributed by atoms with Gasteiger partial charge in [-0.3, -0.25) is 4.68 Å². The fourth-order valence-corrected chi connectivity index (χ4v) is 1.67. The summed E-state index contributed by atoms with van der Waals surface area (Å²) >= 11 is 0. The molecule has 2 heterocycles. The second kappa shape index (κ2) is 4.05. The maximum atomic E-state index is 6.08. The highest BCUT2D eigenvalue weighted by Crippen LogP contribution is 2.20. The third-order valence-corrected chi connectivity index (χ3v) is 2.43. The summed E-state index contributed by atoms with van der Waals surface area (Å²) in [6.07, 6.45) is 2.73. The zero-order chi connectivity index (χ0) is 11.7. The second-order valence-corrected chi connectivity index (χ2v) is 3.71. The molecule has 2 aromatic rings. The van der Waals surface area contributed by atoms with Crippen molar-refractivity contribution in [2.45, 2.75) is 26.3 Å². The van der Waals surface area contributed by atoms with Gasteiger partial charge in [0.1, 0.15) is 0 Å². The van der Waals surface area contributed by atoms with Gasteiger partial charge in [0.05, 0.1) is 11.7 Å². The Morgan fingerprint density at radius 3 is 2.88 bits per heavy atom. The van der Waals surface area contributed by atoms with Crippen molar-refractivity contribution in [1.29, 1.82) is 0 Å². The van der Waals surface area contributed by atoms with E-state index in [1.807, 2.05) is 20.2 Å². The molecule has 86 valence electrons. The van der Waals surface area contributed by atoms with Crippen molar-refractivity contribution >= 4 is 0 Å². The average Bonchev–Trinajstić information content (AvgIpc) is 2.83. The van der Waals surface area contributed by atoms with Gasteiger partial charge in [0.15, 0.2) is 5.82 Å². The van der Waals surface area contributed by atoms with Crippen molar-refractivity contribution in [3.8, 4) is 0 Å². The van der Waals surface area contributed by atoms with Gasteiger partial charge in [0.2, 0.25) is 5.89 Å². The van der Waals surface area contributed by atoms with Crippen LogP contribution in [0.15, 0.2) is 10.7 Å². The van der Waals surface area contributed by atoms with Crippen LogP contribution < -0.4 is 5.73 Å². The Kier molecular flexibility index (Phi) is 2.74. The molecule has 6 nitrogen and oxygen atoms in total. The van der Waals surface area contributed by atoms with E-state index >= 15 is 0 Å². The second-order valence-electron chi connectivity index (χ2n) is 3.71. The van der Waals surface area contributed by atoms with Gasteiger partial charge < -0.3 is 10.3 Å². The van der Waals surface area contributed by atoms with Crippen LogP contribution >= 0.6 is 0 Å². The lowest BCUT2D eigenvalue weighted by atomic mass is 10.1. The summed E-state index contributed by atoms with van der Waals surface area (Å²) in [6, 6.07) is -0.374. The molecule has 2 aromatic heterocycles. The molecule has 0 bridgehead atoms. The molecule has 6 heteroatoms. The fraction of sp³-hybridized carbons (Fsp3) is 0.500. The van der Waals surface area contributed by atoms with Crippen molar-refractivity contribution in [3.63, 3.8) is 0 Å². The maximum Gasteiger partial charge on any atom is 0.223 e. The van der Waals surface area contributed by atoms with E-state index < -0.39 is 0 Å². The normalized spacial score (nSPS) is 13.0. The predicted octanol–water partition coefficient (Wildman–Crippen LogP) is 0.722. The number of nitrogens with zero attached hydrogens (tertiary/aromatic N) is 4. The molecule has 16 heavy (non-hydrogen) atoms. The zero-order valence-electron chi connectivity index (χ0n) is 9.64. The fourth-order valence-electron chi connectivity index (χ4n) is 1.67. The van der Waals surface area contributed by atoms with Gasteiger partial charge in [-0.15, -0.1) is 0 Å². The molecule has 2 rings (SSSR count). The van der Waals surface area contributed by atoms with Crippen LogP contribution in [0.2, 0.25) is 0 Å². The molecule has 1 atom stereocenters. The summed E-state index contributed by atoms with van der Waals surface area (Å²) in [7, 11) is 1.87. The molecule has 0 amide bonds. The molecule has 0 aliphatic carbocycles. The first-order valence-electron chi connectivity index (χ1n) is 5.20. The minimum absolute atomic E-state index is 0.374. The first kappa shape index (κ1) is 10.8. The van der Waals surface area contributed by atoms with E-state index in [1.54, 1.807) is 11.6 Å². The molecule has 2 N–H and O–H groups in total. The van der Waals surface area contributed by atoms with Crippen molar-refractivity contribution < 1.29 is 4.52 Å². The number of nitrogens with two attached hydrogens (primary N) is 1. The van der Waals surface area contributed by atoms with Crippen molar-refractivity contribution in [1.82, 2.24) is 19.9 Å². The Morgan fingerprint density at radius 2 is 2.31 bits per heavy atom. The summed E-state index contributed by atoms with van der Waals surface area (Å²) < 4.78 is 6.67. The van der Waals surface area contributed by atoms with Crippen LogP contribution in [0.1, 0.15) is 35.9 Å². The molecule has 0 fully saturated rings. The number of rotatable bonds is 3. The smallest absolute Gasteiger partial charge is 0.223 e. The Labute approximate surface area is 93.4 Å². The van der Waals surface area contributed by atoms with E-state index in [4.69, 9.17) is 10.3 Å². The van der Waals surface area contributed by atoms with E-state index in [0.717, 1.165) is 17.7 Å². The van der Waals surface area contributed by atoms with Crippen LogP contribution in [0.5, 0.6) is 0 Å². The SMILES string of the molecule is CCc1nn(C)cc1C(N)c1noc(C)n1. The van der Waals surface area contributed by atoms with Gasteiger partial charge in [-0.25, -0.2) is 0 Å². The number of hydrogen-bond acceptors (Lipinski definition) is 5. The van der Waals surface area contributed by atoms with Crippen molar-refractivity contribution in [3.05, 3.63) is 29.2 Å².